The molecule has 0 fully saturated rings. The van der Waals surface area contributed by atoms with E-state index in [2.05, 4.69) is 0 Å². The van der Waals surface area contributed by atoms with Crippen molar-refractivity contribution in [3.8, 4) is 0 Å². The van der Waals surface area contributed by atoms with Crippen molar-refractivity contribution in [2.45, 2.75) is 26.1 Å². The maximum Gasteiger partial charge on any atom is 0.352 e. The first-order valence-corrected chi connectivity index (χ1v) is 5.60. The molecule has 0 radical (unpaired) electrons. The summed E-state index contributed by atoms with van der Waals surface area (Å²) in [7, 11) is 6.50. The maximum absolute atomic E-state index is 5.60. The summed E-state index contributed by atoms with van der Waals surface area (Å²) >= 11 is 0. The van der Waals surface area contributed by atoms with E-state index in [1.54, 1.807) is 0 Å². The van der Waals surface area contributed by atoms with Crippen molar-refractivity contribution >= 4 is 21.7 Å². The lowest BCUT2D eigenvalue weighted by molar-refractivity contribution is -0.312. The van der Waals surface area contributed by atoms with Crippen LogP contribution in [0.4, 0.5) is 0 Å². The van der Waals surface area contributed by atoms with Gasteiger partial charge in [-0.2, -0.15) is 0 Å². The molecule has 0 bridgehead atoms. The summed E-state index contributed by atoms with van der Waals surface area (Å²) < 4.78 is 15.7. The molecular weight excluding hydrogens is 200 g/mol. The molecular formula is C7H15ClO3S. The molecule has 0 aliphatic heterocycles. The van der Waals surface area contributed by atoms with Crippen molar-refractivity contribution in [2.24, 2.45) is 0 Å². The zero-order chi connectivity index (χ0) is 9.45. The molecule has 0 aromatic carbocycles. The standard InChI is InChI=1S/C7H15ClO3S/c1-4-9-7(12-8,10-5-2)11-6-3/h4-6H2,1-3H3. The van der Waals surface area contributed by atoms with Crippen LogP contribution in [0.2, 0.25) is 0 Å². The Morgan fingerprint density at radius 2 is 1.33 bits per heavy atom. The van der Waals surface area contributed by atoms with Gasteiger partial charge >= 0.3 is 5.31 Å². The molecule has 0 saturated heterocycles. The number of hydrogen-bond acceptors (Lipinski definition) is 4. The van der Waals surface area contributed by atoms with Crippen molar-refractivity contribution < 1.29 is 14.2 Å². The molecule has 74 valence electrons. The number of hydrogen-bond donors (Lipinski definition) is 0. The van der Waals surface area contributed by atoms with E-state index >= 15 is 0 Å². The van der Waals surface area contributed by atoms with Gasteiger partial charge in [0.2, 0.25) is 0 Å². The van der Waals surface area contributed by atoms with Gasteiger partial charge in [0.15, 0.2) is 0 Å². The highest BCUT2D eigenvalue weighted by atomic mass is 35.7. The molecule has 0 rings (SSSR count). The second-order valence-corrected chi connectivity index (χ2v) is 2.99. The van der Waals surface area contributed by atoms with Gasteiger partial charge < -0.3 is 14.2 Å². The van der Waals surface area contributed by atoms with E-state index in [0.717, 1.165) is 11.0 Å². The minimum Gasteiger partial charge on any atom is -0.318 e. The van der Waals surface area contributed by atoms with Gasteiger partial charge in [-0.3, -0.25) is 0 Å². The van der Waals surface area contributed by atoms with Crippen LogP contribution >= 0.6 is 21.7 Å². The molecule has 3 nitrogen and oxygen atoms in total. The number of halogens is 1. The van der Waals surface area contributed by atoms with Crippen LogP contribution in [0.1, 0.15) is 20.8 Å². The molecule has 0 spiro atoms. The highest BCUT2D eigenvalue weighted by Gasteiger charge is 2.33. The summed E-state index contributed by atoms with van der Waals surface area (Å²) in [6.45, 7) is 7.08. The maximum atomic E-state index is 5.60. The first-order chi connectivity index (χ1) is 5.74. The minimum atomic E-state index is -1.13. The fourth-order valence-electron chi connectivity index (χ4n) is 0.722. The van der Waals surface area contributed by atoms with Crippen LogP contribution in [0.25, 0.3) is 0 Å². The van der Waals surface area contributed by atoms with Crippen molar-refractivity contribution in [1.82, 2.24) is 0 Å². The fraction of sp³-hybridized carbons (Fsp3) is 1.00. The van der Waals surface area contributed by atoms with Crippen LogP contribution in [0.15, 0.2) is 0 Å². The molecule has 0 amide bonds. The monoisotopic (exact) mass is 214 g/mol. The Kier molecular flexibility index (Phi) is 7.28. The van der Waals surface area contributed by atoms with E-state index in [4.69, 9.17) is 24.9 Å². The smallest absolute Gasteiger partial charge is 0.318 e. The summed E-state index contributed by atoms with van der Waals surface area (Å²) in [6, 6.07) is 0. The van der Waals surface area contributed by atoms with Crippen LogP contribution in [-0.2, 0) is 14.2 Å². The third-order valence-electron chi connectivity index (χ3n) is 1.06. The van der Waals surface area contributed by atoms with Gasteiger partial charge in [-0.25, -0.2) is 0 Å². The van der Waals surface area contributed by atoms with Crippen molar-refractivity contribution in [3.63, 3.8) is 0 Å². The SMILES string of the molecule is CCOC(OCC)(OCC)SCl. The fourth-order valence-corrected chi connectivity index (χ4v) is 1.61. The van der Waals surface area contributed by atoms with Crippen molar-refractivity contribution in [2.75, 3.05) is 19.8 Å². The van der Waals surface area contributed by atoms with E-state index in [1.807, 2.05) is 20.8 Å². The Bertz CT molecular complexity index is 95.8. The number of rotatable bonds is 7. The van der Waals surface area contributed by atoms with Gasteiger partial charge in [-0.1, -0.05) is 0 Å². The molecule has 5 heteroatoms. The normalized spacial score (nSPS) is 12.0. The summed E-state index contributed by atoms with van der Waals surface area (Å²) in [6.07, 6.45) is 0. The van der Waals surface area contributed by atoms with Crippen LogP contribution in [-0.4, -0.2) is 25.1 Å². The van der Waals surface area contributed by atoms with Crippen LogP contribution in [0.3, 0.4) is 0 Å². The van der Waals surface area contributed by atoms with Gasteiger partial charge in [0, 0.05) is 11.0 Å². The molecule has 0 heterocycles. The average molecular weight is 215 g/mol. The van der Waals surface area contributed by atoms with Gasteiger partial charge in [-0.15, -0.1) is 0 Å². The molecule has 0 unspecified atom stereocenters. The second kappa shape index (κ2) is 6.97. The van der Waals surface area contributed by atoms with Crippen molar-refractivity contribution in [1.29, 1.82) is 0 Å². The number of ether oxygens (including phenoxy) is 3. The topological polar surface area (TPSA) is 27.7 Å². The quantitative estimate of drug-likeness (QED) is 0.609. The lowest BCUT2D eigenvalue weighted by atomic mass is 10.8. The molecule has 0 saturated carbocycles. The largest absolute Gasteiger partial charge is 0.352 e. The Labute approximate surface area is 82.2 Å². The zero-order valence-electron chi connectivity index (χ0n) is 7.63. The zero-order valence-corrected chi connectivity index (χ0v) is 9.20. The highest BCUT2D eigenvalue weighted by Crippen LogP contribution is 2.32. The Morgan fingerprint density at radius 3 is 1.50 bits per heavy atom. The van der Waals surface area contributed by atoms with Crippen LogP contribution in [0, 0.1) is 0 Å². The molecule has 0 atom stereocenters. The summed E-state index contributed by atoms with van der Waals surface area (Å²) in [5.41, 5.74) is 0. The second-order valence-electron chi connectivity index (χ2n) is 1.88. The average Bonchev–Trinajstić information content (AvgIpc) is 2.06. The highest BCUT2D eigenvalue weighted by molar-refractivity contribution is 8.21. The van der Waals surface area contributed by atoms with Gasteiger partial charge in [0.25, 0.3) is 0 Å². The first-order valence-electron chi connectivity index (χ1n) is 3.96. The molecule has 0 N–H and O–H groups in total. The first kappa shape index (κ1) is 12.5. The third-order valence-corrected chi connectivity index (χ3v) is 2.17. The Hall–Kier alpha value is 0.520. The molecule has 0 aromatic rings. The van der Waals surface area contributed by atoms with E-state index in [1.165, 1.54) is 0 Å². The molecule has 12 heavy (non-hydrogen) atoms. The predicted molar refractivity (Wildman–Crippen MR) is 51.1 cm³/mol. The van der Waals surface area contributed by atoms with Gasteiger partial charge in [-0.05, 0) is 31.5 Å². The predicted octanol–water partition coefficient (Wildman–Crippen LogP) is 2.59. The van der Waals surface area contributed by atoms with Gasteiger partial charge in [0.1, 0.15) is 0 Å². The summed E-state index contributed by atoms with van der Waals surface area (Å²) in [5, 5.41) is -1.13. The van der Waals surface area contributed by atoms with E-state index in [9.17, 15) is 0 Å². The Balaban J connectivity index is 4.06. The van der Waals surface area contributed by atoms with Crippen molar-refractivity contribution in [3.05, 3.63) is 0 Å². The molecule has 0 aliphatic carbocycles. The molecule has 0 aromatic heterocycles. The molecule has 0 aliphatic rings. The summed E-state index contributed by atoms with van der Waals surface area (Å²) in [5.74, 6) is 0. The van der Waals surface area contributed by atoms with Crippen LogP contribution < -0.4 is 0 Å². The minimum absolute atomic E-state index is 0.500. The van der Waals surface area contributed by atoms with Gasteiger partial charge in [0.05, 0.1) is 19.8 Å². The summed E-state index contributed by atoms with van der Waals surface area (Å²) in [4.78, 5) is 0. The van der Waals surface area contributed by atoms with E-state index in [0.29, 0.717) is 19.8 Å². The van der Waals surface area contributed by atoms with Crippen LogP contribution in [0.5, 0.6) is 0 Å². The van der Waals surface area contributed by atoms with E-state index < -0.39 is 5.31 Å². The lowest BCUT2D eigenvalue weighted by Crippen LogP contribution is -2.34. The van der Waals surface area contributed by atoms with E-state index in [-0.39, 0.29) is 0 Å². The lowest BCUT2D eigenvalue weighted by Gasteiger charge is -2.28. The Morgan fingerprint density at radius 1 is 1.00 bits per heavy atom. The third kappa shape index (κ3) is 3.96.